The van der Waals surface area contributed by atoms with Gasteiger partial charge >= 0.3 is 23.9 Å². The van der Waals surface area contributed by atoms with Crippen LogP contribution in [0.1, 0.15) is 12.8 Å². The molecule has 0 rings (SSSR count). The molecule has 18 heavy (non-hydrogen) atoms. The molecule has 0 atom stereocenters. The lowest BCUT2D eigenvalue weighted by molar-refractivity contribution is -0.158. The highest BCUT2D eigenvalue weighted by Crippen LogP contribution is 1.92. The molecule has 0 aliphatic rings. The van der Waals surface area contributed by atoms with E-state index in [0.29, 0.717) is 12.2 Å². The quantitative estimate of drug-likeness (QED) is 0.301. The van der Waals surface area contributed by atoms with E-state index in [1.54, 1.807) is 0 Å². The van der Waals surface area contributed by atoms with Gasteiger partial charge in [-0.3, -0.25) is 9.59 Å². The molecule has 0 amide bonds. The van der Waals surface area contributed by atoms with Gasteiger partial charge in [-0.2, -0.15) is 0 Å². The first-order chi connectivity index (χ1) is 8.49. The summed E-state index contributed by atoms with van der Waals surface area (Å²) in [5.74, 6) is -3.66. The maximum Gasteiger partial charge on any atom is 0.338 e. The highest BCUT2D eigenvalue weighted by Gasteiger charge is 2.08. The van der Waals surface area contributed by atoms with Gasteiger partial charge in [0.15, 0.2) is 0 Å². The summed E-state index contributed by atoms with van der Waals surface area (Å²) < 4.78 is 8.50. The number of rotatable bonds is 6. The molecule has 0 spiro atoms. The van der Waals surface area contributed by atoms with Crippen molar-refractivity contribution in [1.82, 2.24) is 0 Å². The van der Waals surface area contributed by atoms with E-state index < -0.39 is 23.9 Å². The van der Waals surface area contributed by atoms with Crippen LogP contribution < -0.4 is 0 Å². The molecule has 96 valence electrons. The fourth-order valence-corrected chi connectivity index (χ4v) is 0.748. The van der Waals surface area contributed by atoms with Crippen LogP contribution in [-0.4, -0.2) is 23.9 Å². The Kier molecular flexibility index (Phi) is 7.43. The van der Waals surface area contributed by atoms with E-state index in [4.69, 9.17) is 0 Å². The van der Waals surface area contributed by atoms with Crippen LogP contribution in [0.2, 0.25) is 0 Å². The molecule has 0 heterocycles. The third kappa shape index (κ3) is 7.75. The summed E-state index contributed by atoms with van der Waals surface area (Å²) in [5, 5.41) is 0. The zero-order chi connectivity index (χ0) is 14.0. The van der Waals surface area contributed by atoms with Crippen LogP contribution in [-0.2, 0) is 28.7 Å². The molecule has 0 aromatic carbocycles. The predicted octanol–water partition coefficient (Wildman–Crippen LogP) is 0.834. The highest BCUT2D eigenvalue weighted by atomic mass is 16.6. The first-order valence-corrected chi connectivity index (χ1v) is 4.88. The fraction of sp³-hybridized carbons (Fsp3) is 0.167. The maximum atomic E-state index is 11.0. The summed E-state index contributed by atoms with van der Waals surface area (Å²) in [6.45, 7) is 6.56. The topological polar surface area (TPSA) is 86.7 Å². The van der Waals surface area contributed by atoms with Gasteiger partial charge in [0.25, 0.3) is 0 Å². The molecule has 0 radical (unpaired) electrons. The number of carbonyl (C=O) groups excluding carboxylic acids is 4. The Bertz CT molecular complexity index is 367. The van der Waals surface area contributed by atoms with Crippen molar-refractivity contribution in [1.29, 1.82) is 0 Å². The second kappa shape index (κ2) is 8.63. The van der Waals surface area contributed by atoms with Crippen LogP contribution in [0, 0.1) is 0 Å². The summed E-state index contributed by atoms with van der Waals surface area (Å²) in [5.41, 5.74) is 0. The van der Waals surface area contributed by atoms with Crippen LogP contribution in [0.15, 0.2) is 37.5 Å². The van der Waals surface area contributed by atoms with Gasteiger partial charge in [-0.05, 0) is 0 Å². The van der Waals surface area contributed by atoms with Crippen molar-refractivity contribution in [3.63, 3.8) is 0 Å². The maximum absolute atomic E-state index is 11.0. The van der Waals surface area contributed by atoms with E-state index in [9.17, 15) is 19.2 Å². The van der Waals surface area contributed by atoms with E-state index in [2.05, 4.69) is 22.6 Å². The summed E-state index contributed by atoms with van der Waals surface area (Å²) in [6, 6.07) is 0. The predicted molar refractivity (Wildman–Crippen MR) is 61.0 cm³/mol. The fourth-order valence-electron chi connectivity index (χ4n) is 0.748. The van der Waals surface area contributed by atoms with Crippen molar-refractivity contribution in [3.8, 4) is 0 Å². The number of esters is 4. The number of hydrogen-bond acceptors (Lipinski definition) is 6. The monoisotopic (exact) mass is 252 g/mol. The molecule has 0 unspecified atom stereocenters. The van der Waals surface area contributed by atoms with Gasteiger partial charge in [0.05, 0.1) is 12.8 Å². The molecule has 0 bridgehead atoms. The minimum Gasteiger partial charge on any atom is -0.390 e. The third-order valence-electron chi connectivity index (χ3n) is 1.41. The van der Waals surface area contributed by atoms with Gasteiger partial charge in [-0.15, -0.1) is 13.2 Å². The van der Waals surface area contributed by atoms with Crippen molar-refractivity contribution < 1.29 is 28.7 Å². The summed E-state index contributed by atoms with van der Waals surface area (Å²) in [7, 11) is 0. The summed E-state index contributed by atoms with van der Waals surface area (Å²) >= 11 is 0. The van der Waals surface area contributed by atoms with Crippen LogP contribution in [0.4, 0.5) is 0 Å². The van der Waals surface area contributed by atoms with Crippen LogP contribution in [0.25, 0.3) is 0 Å². The molecule has 0 aromatic heterocycles. The SMILES string of the molecule is C=CCC(=O)OC(=O)C=CC(=O)OC(=O)CC=C. The molecular weight excluding hydrogens is 240 g/mol. The first-order valence-electron chi connectivity index (χ1n) is 4.88. The van der Waals surface area contributed by atoms with Crippen molar-refractivity contribution in [3.05, 3.63) is 37.5 Å². The Labute approximate surface area is 104 Å². The minimum absolute atomic E-state index is 0.123. The first kappa shape index (κ1) is 15.5. The average molecular weight is 252 g/mol. The van der Waals surface area contributed by atoms with Crippen LogP contribution in [0.5, 0.6) is 0 Å². The average Bonchev–Trinajstić information content (AvgIpc) is 2.27. The lowest BCUT2D eigenvalue weighted by Crippen LogP contribution is -2.11. The standard InChI is InChI=1S/C12H12O6/c1-3-5-9(13)17-11(15)7-8-12(16)18-10(14)6-4-2/h3-4,7-8H,1-2,5-6H2. The molecule has 0 saturated heterocycles. The molecule has 0 aromatic rings. The zero-order valence-electron chi connectivity index (χ0n) is 9.59. The Morgan fingerprint density at radius 3 is 1.39 bits per heavy atom. The zero-order valence-corrected chi connectivity index (χ0v) is 9.59. The molecule has 0 saturated carbocycles. The van der Waals surface area contributed by atoms with E-state index in [1.807, 2.05) is 0 Å². The Hall–Kier alpha value is -2.50. The lowest BCUT2D eigenvalue weighted by atomic mass is 10.4. The largest absolute Gasteiger partial charge is 0.390 e. The van der Waals surface area contributed by atoms with E-state index in [-0.39, 0.29) is 12.8 Å². The molecule has 6 heteroatoms. The van der Waals surface area contributed by atoms with Gasteiger partial charge in [-0.25, -0.2) is 9.59 Å². The van der Waals surface area contributed by atoms with Gasteiger partial charge in [0.1, 0.15) is 0 Å². The normalized spacial score (nSPS) is 9.56. The van der Waals surface area contributed by atoms with Crippen molar-refractivity contribution in [2.24, 2.45) is 0 Å². The molecule has 0 N–H and O–H groups in total. The second-order valence-corrected chi connectivity index (χ2v) is 2.91. The van der Waals surface area contributed by atoms with Crippen molar-refractivity contribution >= 4 is 23.9 Å². The van der Waals surface area contributed by atoms with E-state index in [1.165, 1.54) is 12.2 Å². The van der Waals surface area contributed by atoms with Crippen LogP contribution in [0.3, 0.4) is 0 Å². The third-order valence-corrected chi connectivity index (χ3v) is 1.41. The Morgan fingerprint density at radius 1 is 0.778 bits per heavy atom. The highest BCUT2D eigenvalue weighted by molar-refractivity contribution is 5.99. The van der Waals surface area contributed by atoms with E-state index >= 15 is 0 Å². The summed E-state index contributed by atoms with van der Waals surface area (Å²) in [4.78, 5) is 43.6. The van der Waals surface area contributed by atoms with Crippen LogP contribution >= 0.6 is 0 Å². The molecule has 6 nitrogen and oxygen atoms in total. The Morgan fingerprint density at radius 2 is 1.11 bits per heavy atom. The van der Waals surface area contributed by atoms with Crippen molar-refractivity contribution in [2.45, 2.75) is 12.8 Å². The number of carbonyl (C=O) groups is 4. The lowest BCUT2D eigenvalue weighted by Gasteiger charge is -1.97. The van der Waals surface area contributed by atoms with Gasteiger partial charge in [-0.1, -0.05) is 12.2 Å². The van der Waals surface area contributed by atoms with Gasteiger partial charge in [0.2, 0.25) is 0 Å². The molecule has 0 fully saturated rings. The number of hydrogen-bond donors (Lipinski definition) is 0. The smallest absolute Gasteiger partial charge is 0.338 e. The van der Waals surface area contributed by atoms with Gasteiger partial charge < -0.3 is 9.47 Å². The minimum atomic E-state index is -1.03. The van der Waals surface area contributed by atoms with E-state index in [0.717, 1.165) is 0 Å². The molecule has 0 aliphatic carbocycles. The van der Waals surface area contributed by atoms with Crippen molar-refractivity contribution in [2.75, 3.05) is 0 Å². The Balaban J connectivity index is 4.13. The second-order valence-electron chi connectivity index (χ2n) is 2.91. The molecular formula is C12H12O6. The molecule has 0 aliphatic heterocycles. The van der Waals surface area contributed by atoms with Gasteiger partial charge in [0, 0.05) is 12.2 Å². The number of ether oxygens (including phenoxy) is 2. The summed E-state index contributed by atoms with van der Waals surface area (Å²) in [6.07, 6.45) is 3.65.